The van der Waals surface area contributed by atoms with Crippen molar-refractivity contribution in [2.45, 2.75) is 13.8 Å². The van der Waals surface area contributed by atoms with Crippen LogP contribution in [-0.4, -0.2) is 28.4 Å². The molecule has 0 aliphatic rings. The number of aliphatic hydroxyl groups excluding tert-OH is 1. The fourth-order valence-corrected chi connectivity index (χ4v) is 1.59. The van der Waals surface area contributed by atoms with Crippen LogP contribution in [0.15, 0.2) is 18.0 Å². The van der Waals surface area contributed by atoms with Crippen LogP contribution in [0, 0.1) is 6.92 Å². The molecule has 1 aromatic heterocycles. The standard InChI is InChI=1S/C10H11NO4S/c1-3-15-10(14)8(13)4-7(12)9-11-5-6(2)16-9/h4-5,13H,3H2,1-2H3/b8-4-. The molecule has 0 fully saturated rings. The van der Waals surface area contributed by atoms with Gasteiger partial charge in [-0.3, -0.25) is 4.79 Å². The molecule has 1 aromatic rings. The first kappa shape index (κ1) is 12.4. The Morgan fingerprint density at radius 3 is 2.81 bits per heavy atom. The lowest BCUT2D eigenvalue weighted by molar-refractivity contribution is -0.141. The third-order valence-corrected chi connectivity index (χ3v) is 2.51. The highest BCUT2D eigenvalue weighted by atomic mass is 32.1. The molecule has 0 aliphatic heterocycles. The molecule has 1 rings (SSSR count). The van der Waals surface area contributed by atoms with Gasteiger partial charge in [-0.25, -0.2) is 9.78 Å². The SMILES string of the molecule is CCOC(=O)/C(O)=C/C(=O)c1ncc(C)s1. The maximum atomic E-state index is 11.5. The van der Waals surface area contributed by atoms with Crippen LogP contribution < -0.4 is 0 Å². The van der Waals surface area contributed by atoms with Gasteiger partial charge in [-0.15, -0.1) is 11.3 Å². The number of esters is 1. The fraction of sp³-hybridized carbons (Fsp3) is 0.300. The predicted molar refractivity (Wildman–Crippen MR) is 58.5 cm³/mol. The van der Waals surface area contributed by atoms with Crippen molar-refractivity contribution in [2.75, 3.05) is 6.61 Å². The molecule has 86 valence electrons. The third kappa shape index (κ3) is 3.16. The molecular weight excluding hydrogens is 230 g/mol. The van der Waals surface area contributed by atoms with Crippen molar-refractivity contribution in [3.8, 4) is 0 Å². The van der Waals surface area contributed by atoms with E-state index in [9.17, 15) is 14.7 Å². The van der Waals surface area contributed by atoms with E-state index in [2.05, 4.69) is 9.72 Å². The monoisotopic (exact) mass is 241 g/mol. The summed E-state index contributed by atoms with van der Waals surface area (Å²) in [5.41, 5.74) is 0. The van der Waals surface area contributed by atoms with E-state index < -0.39 is 17.5 Å². The van der Waals surface area contributed by atoms with Gasteiger partial charge in [0.1, 0.15) is 0 Å². The Balaban J connectivity index is 2.76. The van der Waals surface area contributed by atoms with Crippen molar-refractivity contribution in [1.82, 2.24) is 4.98 Å². The molecule has 0 amide bonds. The Kier molecular flexibility index (Phi) is 4.19. The Morgan fingerprint density at radius 2 is 2.31 bits per heavy atom. The molecule has 0 spiro atoms. The van der Waals surface area contributed by atoms with Crippen LogP contribution in [-0.2, 0) is 9.53 Å². The van der Waals surface area contributed by atoms with Gasteiger partial charge in [0.05, 0.1) is 6.61 Å². The molecule has 6 heteroatoms. The summed E-state index contributed by atoms with van der Waals surface area (Å²) in [6.07, 6.45) is 2.36. The Labute approximate surface area is 96.4 Å². The van der Waals surface area contributed by atoms with Gasteiger partial charge in [-0.1, -0.05) is 0 Å². The molecule has 0 saturated heterocycles. The average Bonchev–Trinajstić information content (AvgIpc) is 2.65. The van der Waals surface area contributed by atoms with E-state index in [1.54, 1.807) is 13.1 Å². The summed E-state index contributed by atoms with van der Waals surface area (Å²) in [6, 6.07) is 0. The largest absolute Gasteiger partial charge is 0.502 e. The molecule has 0 atom stereocenters. The first-order valence-corrected chi connectivity index (χ1v) is 5.40. The van der Waals surface area contributed by atoms with Crippen LogP contribution in [0.3, 0.4) is 0 Å². The summed E-state index contributed by atoms with van der Waals surface area (Å²) in [5.74, 6) is -2.13. The predicted octanol–water partition coefficient (Wildman–Crippen LogP) is 1.64. The molecule has 1 N–H and O–H groups in total. The van der Waals surface area contributed by atoms with Gasteiger partial charge in [0, 0.05) is 17.2 Å². The Hall–Kier alpha value is -1.69. The minimum absolute atomic E-state index is 0.140. The van der Waals surface area contributed by atoms with Crippen LogP contribution in [0.2, 0.25) is 0 Å². The van der Waals surface area contributed by atoms with Gasteiger partial charge in [0.25, 0.3) is 0 Å². The van der Waals surface area contributed by atoms with Crippen LogP contribution in [0.4, 0.5) is 0 Å². The molecular formula is C10H11NO4S. The molecule has 0 radical (unpaired) electrons. The molecule has 0 unspecified atom stereocenters. The summed E-state index contributed by atoms with van der Waals surface area (Å²) >= 11 is 1.19. The zero-order chi connectivity index (χ0) is 12.1. The van der Waals surface area contributed by atoms with Gasteiger partial charge in [0.15, 0.2) is 5.01 Å². The normalized spacial score (nSPS) is 11.2. The Morgan fingerprint density at radius 1 is 1.62 bits per heavy atom. The van der Waals surface area contributed by atoms with Crippen molar-refractivity contribution in [2.24, 2.45) is 0 Å². The van der Waals surface area contributed by atoms with Gasteiger partial charge in [-0.2, -0.15) is 0 Å². The number of ketones is 1. The quantitative estimate of drug-likeness (QED) is 0.375. The zero-order valence-electron chi connectivity index (χ0n) is 8.89. The first-order chi connectivity index (χ1) is 7.54. The van der Waals surface area contributed by atoms with Crippen molar-refractivity contribution in [1.29, 1.82) is 0 Å². The number of allylic oxidation sites excluding steroid dienone is 1. The van der Waals surface area contributed by atoms with Gasteiger partial charge >= 0.3 is 5.97 Å². The number of aromatic nitrogens is 1. The molecule has 5 nitrogen and oxygen atoms in total. The van der Waals surface area contributed by atoms with Crippen LogP contribution in [0.25, 0.3) is 0 Å². The average molecular weight is 241 g/mol. The number of hydrogen-bond acceptors (Lipinski definition) is 6. The van der Waals surface area contributed by atoms with Crippen LogP contribution >= 0.6 is 11.3 Å². The van der Waals surface area contributed by atoms with Crippen LogP contribution in [0.1, 0.15) is 21.6 Å². The first-order valence-electron chi connectivity index (χ1n) is 4.59. The van der Waals surface area contributed by atoms with E-state index in [0.717, 1.165) is 11.0 Å². The maximum absolute atomic E-state index is 11.5. The van der Waals surface area contributed by atoms with Crippen molar-refractivity contribution >= 4 is 23.1 Å². The lowest BCUT2D eigenvalue weighted by atomic mass is 10.3. The number of carbonyl (C=O) groups is 2. The van der Waals surface area contributed by atoms with E-state index in [-0.39, 0.29) is 11.6 Å². The summed E-state index contributed by atoms with van der Waals surface area (Å²) in [4.78, 5) is 27.2. The number of thiazole rings is 1. The number of rotatable bonds is 4. The van der Waals surface area contributed by atoms with E-state index in [1.807, 2.05) is 6.92 Å². The number of hydrogen-bond donors (Lipinski definition) is 1. The highest BCUT2D eigenvalue weighted by molar-refractivity contribution is 7.13. The van der Waals surface area contributed by atoms with E-state index in [1.165, 1.54) is 11.3 Å². The van der Waals surface area contributed by atoms with Crippen molar-refractivity contribution < 1.29 is 19.4 Å². The number of nitrogens with zero attached hydrogens (tertiary/aromatic N) is 1. The number of aliphatic hydroxyl groups is 1. The topological polar surface area (TPSA) is 76.5 Å². The highest BCUT2D eigenvalue weighted by Crippen LogP contribution is 2.12. The fourth-order valence-electron chi connectivity index (χ4n) is 0.919. The van der Waals surface area contributed by atoms with E-state index in [4.69, 9.17) is 0 Å². The van der Waals surface area contributed by atoms with Gasteiger partial charge in [-0.05, 0) is 13.8 Å². The van der Waals surface area contributed by atoms with Crippen molar-refractivity contribution in [3.05, 3.63) is 27.9 Å². The number of ether oxygens (including phenoxy) is 1. The minimum atomic E-state index is -0.913. The van der Waals surface area contributed by atoms with Gasteiger partial charge < -0.3 is 9.84 Å². The zero-order valence-corrected chi connectivity index (χ0v) is 9.71. The van der Waals surface area contributed by atoms with Gasteiger partial charge in [0.2, 0.25) is 11.5 Å². The number of aryl methyl sites for hydroxylation is 1. The lowest BCUT2D eigenvalue weighted by Crippen LogP contribution is -2.09. The summed E-state index contributed by atoms with van der Waals surface area (Å²) < 4.78 is 4.52. The second-order valence-corrected chi connectivity index (χ2v) is 4.13. The van der Waals surface area contributed by atoms with E-state index in [0.29, 0.717) is 0 Å². The van der Waals surface area contributed by atoms with Crippen molar-refractivity contribution in [3.63, 3.8) is 0 Å². The Bertz CT molecular complexity index is 436. The highest BCUT2D eigenvalue weighted by Gasteiger charge is 2.13. The van der Waals surface area contributed by atoms with Crippen LogP contribution in [0.5, 0.6) is 0 Å². The number of carbonyl (C=O) groups excluding carboxylic acids is 2. The molecule has 0 aromatic carbocycles. The molecule has 0 aliphatic carbocycles. The second-order valence-electron chi connectivity index (χ2n) is 2.89. The summed E-state index contributed by atoms with van der Waals surface area (Å²) in [5, 5.41) is 9.46. The lowest BCUT2D eigenvalue weighted by Gasteiger charge is -1.98. The maximum Gasteiger partial charge on any atom is 0.373 e. The molecule has 0 saturated carbocycles. The third-order valence-electron chi connectivity index (χ3n) is 1.58. The molecule has 16 heavy (non-hydrogen) atoms. The summed E-state index contributed by atoms with van der Waals surface area (Å²) in [6.45, 7) is 3.56. The smallest absolute Gasteiger partial charge is 0.373 e. The minimum Gasteiger partial charge on any atom is -0.502 e. The molecule has 1 heterocycles. The molecule has 0 bridgehead atoms. The van der Waals surface area contributed by atoms with E-state index >= 15 is 0 Å². The second kappa shape index (κ2) is 5.41. The summed E-state index contributed by atoms with van der Waals surface area (Å²) in [7, 11) is 0.